The van der Waals surface area contributed by atoms with E-state index in [1.807, 2.05) is 54.6 Å². The number of hydrogen-bond acceptors (Lipinski definition) is 3. The highest BCUT2D eigenvalue weighted by Gasteiger charge is 2.62. The molecule has 3 amide bonds. The minimum Gasteiger partial charge on any atom is -0.389 e. The van der Waals surface area contributed by atoms with E-state index in [2.05, 4.69) is 12.1 Å². The molecule has 3 aromatic carbocycles. The molecule has 5 rings (SSSR count). The van der Waals surface area contributed by atoms with Crippen molar-refractivity contribution in [2.24, 2.45) is 5.73 Å². The van der Waals surface area contributed by atoms with Crippen molar-refractivity contribution in [3.05, 3.63) is 107 Å². The SMILES string of the molecule is NC(=O)c1cccc(CN2C(=O)N3C(Cc4ccccc4)[C@@H]3[C@@H](O)[C@H]2Cc2ccccc2)c1. The third-order valence-corrected chi connectivity index (χ3v) is 6.73. The number of hydrogen-bond donors (Lipinski definition) is 2. The summed E-state index contributed by atoms with van der Waals surface area (Å²) in [6.07, 6.45) is 0.610. The van der Waals surface area contributed by atoms with E-state index in [1.54, 1.807) is 28.0 Å². The summed E-state index contributed by atoms with van der Waals surface area (Å²) in [6.45, 7) is 0.301. The van der Waals surface area contributed by atoms with Gasteiger partial charge in [-0.05, 0) is 41.7 Å². The minimum atomic E-state index is -0.670. The maximum absolute atomic E-state index is 13.6. The van der Waals surface area contributed by atoms with Crippen molar-refractivity contribution >= 4 is 11.9 Å². The third-order valence-electron chi connectivity index (χ3n) is 6.73. The maximum atomic E-state index is 13.6. The fourth-order valence-corrected chi connectivity index (χ4v) is 5.03. The molecule has 0 saturated carbocycles. The van der Waals surface area contributed by atoms with Crippen LogP contribution in [0.3, 0.4) is 0 Å². The molecule has 0 spiro atoms. The van der Waals surface area contributed by atoms with Crippen LogP contribution in [0, 0.1) is 0 Å². The predicted molar refractivity (Wildman–Crippen MR) is 125 cm³/mol. The van der Waals surface area contributed by atoms with Gasteiger partial charge in [0.1, 0.15) is 0 Å². The zero-order valence-corrected chi connectivity index (χ0v) is 18.2. The van der Waals surface area contributed by atoms with Gasteiger partial charge in [0.25, 0.3) is 0 Å². The van der Waals surface area contributed by atoms with Gasteiger partial charge in [-0.3, -0.25) is 4.79 Å². The first-order valence-electron chi connectivity index (χ1n) is 11.3. The van der Waals surface area contributed by atoms with Gasteiger partial charge in [-0.1, -0.05) is 72.8 Å². The van der Waals surface area contributed by atoms with Crippen LogP contribution in [0.4, 0.5) is 4.79 Å². The summed E-state index contributed by atoms with van der Waals surface area (Å²) in [7, 11) is 0. The van der Waals surface area contributed by atoms with Crippen LogP contribution >= 0.6 is 0 Å². The Morgan fingerprint density at radius 1 is 0.818 bits per heavy atom. The van der Waals surface area contributed by atoms with Gasteiger partial charge in [0.15, 0.2) is 0 Å². The Hall–Kier alpha value is -3.64. The van der Waals surface area contributed by atoms with Crippen molar-refractivity contribution in [2.45, 2.75) is 43.6 Å². The lowest BCUT2D eigenvalue weighted by Gasteiger charge is -2.39. The summed E-state index contributed by atoms with van der Waals surface area (Å²) in [6, 6.07) is 26.4. The van der Waals surface area contributed by atoms with E-state index in [1.165, 1.54) is 0 Å². The zero-order chi connectivity index (χ0) is 22.9. The van der Waals surface area contributed by atoms with Crippen LogP contribution in [0.25, 0.3) is 0 Å². The van der Waals surface area contributed by atoms with E-state index in [0.717, 1.165) is 23.1 Å². The maximum Gasteiger partial charge on any atom is 0.321 e. The second-order valence-electron chi connectivity index (χ2n) is 8.88. The van der Waals surface area contributed by atoms with Gasteiger partial charge in [0, 0.05) is 12.1 Å². The van der Waals surface area contributed by atoms with Gasteiger partial charge >= 0.3 is 6.03 Å². The second-order valence-corrected chi connectivity index (χ2v) is 8.88. The van der Waals surface area contributed by atoms with Crippen LogP contribution in [0.2, 0.25) is 0 Å². The molecular formula is C27H27N3O3. The molecule has 3 aromatic rings. The van der Waals surface area contributed by atoms with Crippen molar-refractivity contribution < 1.29 is 14.7 Å². The lowest BCUT2D eigenvalue weighted by Crippen LogP contribution is -2.56. The first-order valence-corrected chi connectivity index (χ1v) is 11.3. The van der Waals surface area contributed by atoms with E-state index in [4.69, 9.17) is 5.73 Å². The smallest absolute Gasteiger partial charge is 0.321 e. The quantitative estimate of drug-likeness (QED) is 0.553. The molecule has 2 saturated heterocycles. The van der Waals surface area contributed by atoms with Crippen LogP contribution < -0.4 is 5.73 Å². The number of primary amides is 1. The third kappa shape index (κ3) is 4.22. The first-order chi connectivity index (χ1) is 16.0. The summed E-state index contributed by atoms with van der Waals surface area (Å²) < 4.78 is 0. The Labute approximate surface area is 193 Å². The number of amides is 3. The lowest BCUT2D eigenvalue weighted by molar-refractivity contribution is 0.0269. The molecule has 3 N–H and O–H groups in total. The number of urea groups is 1. The number of aliphatic hydroxyl groups excluding tert-OH is 1. The number of aliphatic hydroxyl groups is 1. The molecule has 2 heterocycles. The van der Waals surface area contributed by atoms with Gasteiger partial charge in [-0.2, -0.15) is 0 Å². The van der Waals surface area contributed by atoms with E-state index < -0.39 is 12.0 Å². The number of rotatable bonds is 7. The monoisotopic (exact) mass is 441 g/mol. The average Bonchev–Trinajstić information content (AvgIpc) is 3.55. The largest absolute Gasteiger partial charge is 0.389 e. The normalized spacial score (nSPS) is 23.8. The predicted octanol–water partition coefficient (Wildman–Crippen LogP) is 2.99. The van der Waals surface area contributed by atoms with Crippen molar-refractivity contribution in [3.8, 4) is 0 Å². The van der Waals surface area contributed by atoms with E-state index in [-0.39, 0.29) is 24.2 Å². The van der Waals surface area contributed by atoms with Crippen molar-refractivity contribution in [1.82, 2.24) is 9.80 Å². The molecular weight excluding hydrogens is 414 g/mol. The Morgan fingerprint density at radius 3 is 2.00 bits per heavy atom. The van der Waals surface area contributed by atoms with Gasteiger partial charge in [0.2, 0.25) is 5.91 Å². The molecule has 0 aliphatic carbocycles. The summed E-state index contributed by atoms with van der Waals surface area (Å²) >= 11 is 0. The number of nitrogens with two attached hydrogens (primary N) is 1. The lowest BCUT2D eigenvalue weighted by atomic mass is 9.94. The molecule has 2 fully saturated rings. The van der Waals surface area contributed by atoms with Crippen molar-refractivity contribution in [3.63, 3.8) is 0 Å². The summed E-state index contributed by atoms with van der Waals surface area (Å²) in [4.78, 5) is 28.8. The molecule has 1 unspecified atom stereocenters. The average molecular weight is 442 g/mol. The molecule has 33 heavy (non-hydrogen) atoms. The molecule has 168 valence electrons. The standard InChI is InChI=1S/C27H27N3O3/c28-26(32)21-13-7-12-20(14-21)17-29-23(16-19-10-5-2-6-11-19)25(31)24-22(30(24)27(29)33)15-18-8-3-1-4-9-18/h1-14,22-25,31H,15-17H2,(H2,28,32)/t22?,23-,24-,25+,30?/m1/s1. The van der Waals surface area contributed by atoms with Gasteiger partial charge in [-0.25, -0.2) is 4.79 Å². The highest BCUT2D eigenvalue weighted by molar-refractivity contribution is 5.92. The number of carbonyl (C=O) groups is 2. The number of carbonyl (C=O) groups excluding carboxylic acids is 2. The van der Waals surface area contributed by atoms with Crippen LogP contribution in [0.5, 0.6) is 0 Å². The fraction of sp³-hybridized carbons (Fsp3) is 0.259. The Balaban J connectivity index is 1.43. The van der Waals surface area contributed by atoms with E-state index in [0.29, 0.717) is 18.5 Å². The molecule has 6 nitrogen and oxygen atoms in total. The van der Waals surface area contributed by atoms with Gasteiger partial charge in [-0.15, -0.1) is 0 Å². The van der Waals surface area contributed by atoms with Crippen molar-refractivity contribution in [2.75, 3.05) is 0 Å². The highest BCUT2D eigenvalue weighted by Crippen LogP contribution is 2.42. The van der Waals surface area contributed by atoms with Crippen molar-refractivity contribution in [1.29, 1.82) is 0 Å². The van der Waals surface area contributed by atoms with E-state index >= 15 is 0 Å². The summed E-state index contributed by atoms with van der Waals surface area (Å²) in [5, 5.41) is 11.4. The van der Waals surface area contributed by atoms with E-state index in [9.17, 15) is 14.7 Å². The molecule has 4 atom stereocenters. The molecule has 2 aliphatic rings. The Bertz CT molecular complexity index is 1150. The molecule has 0 radical (unpaired) electrons. The number of benzene rings is 3. The second kappa shape index (κ2) is 8.71. The van der Waals surface area contributed by atoms with Crippen LogP contribution in [-0.4, -0.2) is 51.1 Å². The van der Waals surface area contributed by atoms with Crippen LogP contribution in [0.1, 0.15) is 27.0 Å². The molecule has 6 heteroatoms. The summed E-state index contributed by atoms with van der Waals surface area (Å²) in [5.74, 6) is -0.503. The summed E-state index contributed by atoms with van der Waals surface area (Å²) in [5.41, 5.74) is 8.88. The number of nitrogens with zero attached hydrogens (tertiary/aromatic N) is 2. The van der Waals surface area contributed by atoms with Gasteiger partial charge in [0.05, 0.1) is 24.2 Å². The first kappa shape index (κ1) is 21.2. The topological polar surface area (TPSA) is 86.6 Å². The highest BCUT2D eigenvalue weighted by atomic mass is 16.3. The zero-order valence-electron chi connectivity index (χ0n) is 18.2. The molecule has 0 aromatic heterocycles. The van der Waals surface area contributed by atoms with Crippen LogP contribution in [-0.2, 0) is 19.4 Å². The minimum absolute atomic E-state index is 0.0184. The Morgan fingerprint density at radius 2 is 1.39 bits per heavy atom. The number of fused-ring (bicyclic) bond motifs is 1. The molecule has 0 bridgehead atoms. The van der Waals surface area contributed by atoms with Gasteiger partial charge < -0.3 is 20.6 Å². The molecule has 2 aliphatic heterocycles. The Kier molecular flexibility index (Phi) is 5.60. The fourth-order valence-electron chi connectivity index (χ4n) is 5.03. The van der Waals surface area contributed by atoms with Crippen LogP contribution in [0.15, 0.2) is 84.9 Å².